The zero-order valence-corrected chi connectivity index (χ0v) is 12.9. The van der Waals surface area contributed by atoms with Crippen molar-refractivity contribution in [1.82, 2.24) is 0 Å². The van der Waals surface area contributed by atoms with Gasteiger partial charge in [-0.3, -0.25) is 0 Å². The van der Waals surface area contributed by atoms with Crippen molar-refractivity contribution in [2.45, 2.75) is 58.4 Å². The molecular formula is C17H27NO2. The Labute approximate surface area is 122 Å². The Morgan fingerprint density at radius 2 is 1.65 bits per heavy atom. The lowest BCUT2D eigenvalue weighted by Crippen LogP contribution is -2.19. The van der Waals surface area contributed by atoms with Crippen LogP contribution < -0.4 is 5.32 Å². The number of hydrogen-bond acceptors (Lipinski definition) is 3. The molecule has 0 heterocycles. The molecule has 1 aromatic carbocycles. The second kappa shape index (κ2) is 9.40. The molecule has 0 fully saturated rings. The molecule has 0 saturated carbocycles. The number of benzene rings is 1. The van der Waals surface area contributed by atoms with Crippen LogP contribution in [0.25, 0.3) is 0 Å². The van der Waals surface area contributed by atoms with Crippen molar-refractivity contribution < 1.29 is 9.53 Å². The molecule has 3 nitrogen and oxygen atoms in total. The SMILES string of the molecule is CCCCC(CCCC)Nc1ccc(C(=O)OC)cc1. The molecule has 0 aliphatic carbocycles. The Kier molecular flexibility index (Phi) is 7.78. The van der Waals surface area contributed by atoms with Crippen LogP contribution in [0.4, 0.5) is 5.69 Å². The van der Waals surface area contributed by atoms with Gasteiger partial charge >= 0.3 is 5.97 Å². The average Bonchev–Trinajstić information content (AvgIpc) is 2.49. The summed E-state index contributed by atoms with van der Waals surface area (Å²) in [6, 6.07) is 8.06. The number of nitrogens with one attached hydrogen (secondary N) is 1. The third-order valence-corrected chi connectivity index (χ3v) is 3.49. The zero-order valence-electron chi connectivity index (χ0n) is 12.9. The van der Waals surface area contributed by atoms with E-state index in [1.165, 1.54) is 45.6 Å². The van der Waals surface area contributed by atoms with E-state index in [1.807, 2.05) is 24.3 Å². The Morgan fingerprint density at radius 1 is 1.10 bits per heavy atom. The second-order valence-corrected chi connectivity index (χ2v) is 5.19. The van der Waals surface area contributed by atoms with E-state index in [4.69, 9.17) is 4.74 Å². The van der Waals surface area contributed by atoms with Crippen LogP contribution in [0.15, 0.2) is 24.3 Å². The van der Waals surface area contributed by atoms with Crippen LogP contribution in [0, 0.1) is 0 Å². The fourth-order valence-electron chi connectivity index (χ4n) is 2.25. The summed E-state index contributed by atoms with van der Waals surface area (Å²) in [5.74, 6) is -0.287. The molecule has 0 bridgehead atoms. The summed E-state index contributed by atoms with van der Waals surface area (Å²) in [6.07, 6.45) is 7.37. The summed E-state index contributed by atoms with van der Waals surface area (Å²) in [7, 11) is 1.40. The second-order valence-electron chi connectivity index (χ2n) is 5.19. The Morgan fingerprint density at radius 3 is 2.10 bits per heavy atom. The largest absolute Gasteiger partial charge is 0.465 e. The van der Waals surface area contributed by atoms with E-state index in [2.05, 4.69) is 19.2 Å². The predicted octanol–water partition coefficient (Wildman–Crippen LogP) is 4.63. The van der Waals surface area contributed by atoms with Crippen molar-refractivity contribution in [2.24, 2.45) is 0 Å². The molecule has 0 atom stereocenters. The van der Waals surface area contributed by atoms with E-state index in [9.17, 15) is 4.79 Å². The first-order valence-electron chi connectivity index (χ1n) is 7.66. The highest BCUT2D eigenvalue weighted by molar-refractivity contribution is 5.89. The molecular weight excluding hydrogens is 250 g/mol. The van der Waals surface area contributed by atoms with Gasteiger partial charge in [-0.25, -0.2) is 4.79 Å². The highest BCUT2D eigenvalue weighted by atomic mass is 16.5. The van der Waals surface area contributed by atoms with Crippen molar-refractivity contribution in [3.8, 4) is 0 Å². The minimum atomic E-state index is -0.287. The predicted molar refractivity (Wildman–Crippen MR) is 84.2 cm³/mol. The normalized spacial score (nSPS) is 10.6. The van der Waals surface area contributed by atoms with Gasteiger partial charge in [-0.2, -0.15) is 0 Å². The lowest BCUT2D eigenvalue weighted by molar-refractivity contribution is 0.0601. The van der Waals surface area contributed by atoms with E-state index in [0.29, 0.717) is 11.6 Å². The lowest BCUT2D eigenvalue weighted by Gasteiger charge is -2.19. The molecule has 0 aromatic heterocycles. The quantitative estimate of drug-likeness (QED) is 0.668. The first-order chi connectivity index (χ1) is 9.71. The third kappa shape index (κ3) is 5.64. The van der Waals surface area contributed by atoms with E-state index in [1.54, 1.807) is 0 Å². The molecule has 112 valence electrons. The lowest BCUT2D eigenvalue weighted by atomic mass is 10.0. The number of carbonyl (C=O) groups is 1. The number of methoxy groups -OCH3 is 1. The molecule has 0 unspecified atom stereocenters. The van der Waals surface area contributed by atoms with Gasteiger partial charge in [-0.1, -0.05) is 39.5 Å². The maximum Gasteiger partial charge on any atom is 0.337 e. The fourth-order valence-corrected chi connectivity index (χ4v) is 2.25. The van der Waals surface area contributed by atoms with Gasteiger partial charge in [-0.05, 0) is 37.1 Å². The van der Waals surface area contributed by atoms with Gasteiger partial charge < -0.3 is 10.1 Å². The number of hydrogen-bond donors (Lipinski definition) is 1. The smallest absolute Gasteiger partial charge is 0.337 e. The van der Waals surface area contributed by atoms with E-state index >= 15 is 0 Å². The molecule has 0 radical (unpaired) electrons. The molecule has 1 N–H and O–H groups in total. The summed E-state index contributed by atoms with van der Waals surface area (Å²) in [5, 5.41) is 3.58. The molecule has 0 aliphatic heterocycles. The van der Waals surface area contributed by atoms with Crippen LogP contribution in [0.1, 0.15) is 62.7 Å². The highest BCUT2D eigenvalue weighted by Crippen LogP contribution is 2.17. The topological polar surface area (TPSA) is 38.3 Å². The summed E-state index contributed by atoms with van der Waals surface area (Å²) in [4.78, 5) is 11.4. The Hall–Kier alpha value is -1.51. The summed E-state index contributed by atoms with van der Waals surface area (Å²) >= 11 is 0. The summed E-state index contributed by atoms with van der Waals surface area (Å²) < 4.78 is 4.70. The summed E-state index contributed by atoms with van der Waals surface area (Å²) in [5.41, 5.74) is 1.67. The van der Waals surface area contributed by atoms with Crippen LogP contribution >= 0.6 is 0 Å². The third-order valence-electron chi connectivity index (χ3n) is 3.49. The van der Waals surface area contributed by atoms with Gasteiger partial charge in [-0.15, -0.1) is 0 Å². The van der Waals surface area contributed by atoms with Gasteiger partial charge in [0.15, 0.2) is 0 Å². The van der Waals surface area contributed by atoms with Gasteiger partial charge in [0.05, 0.1) is 12.7 Å². The molecule has 1 rings (SSSR count). The van der Waals surface area contributed by atoms with Gasteiger partial charge in [0, 0.05) is 11.7 Å². The molecule has 0 spiro atoms. The van der Waals surface area contributed by atoms with Crippen LogP contribution in [0.2, 0.25) is 0 Å². The summed E-state index contributed by atoms with van der Waals surface area (Å²) in [6.45, 7) is 4.45. The van der Waals surface area contributed by atoms with Crippen molar-refractivity contribution in [3.63, 3.8) is 0 Å². The van der Waals surface area contributed by atoms with Crippen molar-refractivity contribution >= 4 is 11.7 Å². The van der Waals surface area contributed by atoms with E-state index < -0.39 is 0 Å². The highest BCUT2D eigenvalue weighted by Gasteiger charge is 2.09. The number of unbranched alkanes of at least 4 members (excludes halogenated alkanes) is 2. The molecule has 0 aliphatic rings. The molecule has 20 heavy (non-hydrogen) atoms. The van der Waals surface area contributed by atoms with Gasteiger partial charge in [0.1, 0.15) is 0 Å². The number of ether oxygens (including phenoxy) is 1. The number of esters is 1. The maximum atomic E-state index is 11.4. The molecule has 1 aromatic rings. The van der Waals surface area contributed by atoms with Crippen LogP contribution in [0.5, 0.6) is 0 Å². The monoisotopic (exact) mass is 277 g/mol. The number of rotatable bonds is 9. The zero-order chi connectivity index (χ0) is 14.8. The van der Waals surface area contributed by atoms with Crippen molar-refractivity contribution in [3.05, 3.63) is 29.8 Å². The van der Waals surface area contributed by atoms with Gasteiger partial charge in [0.25, 0.3) is 0 Å². The fraction of sp³-hybridized carbons (Fsp3) is 0.588. The molecule has 3 heteroatoms. The van der Waals surface area contributed by atoms with Crippen LogP contribution in [-0.2, 0) is 4.74 Å². The average molecular weight is 277 g/mol. The van der Waals surface area contributed by atoms with E-state index in [-0.39, 0.29) is 5.97 Å². The van der Waals surface area contributed by atoms with Crippen LogP contribution in [0.3, 0.4) is 0 Å². The minimum Gasteiger partial charge on any atom is -0.465 e. The van der Waals surface area contributed by atoms with Crippen molar-refractivity contribution in [2.75, 3.05) is 12.4 Å². The first-order valence-corrected chi connectivity index (χ1v) is 7.66. The number of carbonyl (C=O) groups excluding carboxylic acids is 1. The minimum absolute atomic E-state index is 0.287. The van der Waals surface area contributed by atoms with Gasteiger partial charge in [0.2, 0.25) is 0 Å². The number of anilines is 1. The molecule has 0 amide bonds. The van der Waals surface area contributed by atoms with Crippen LogP contribution in [-0.4, -0.2) is 19.1 Å². The molecule has 0 saturated heterocycles. The van der Waals surface area contributed by atoms with E-state index in [0.717, 1.165) is 5.69 Å². The van der Waals surface area contributed by atoms with Crippen molar-refractivity contribution in [1.29, 1.82) is 0 Å². The Balaban J connectivity index is 2.60. The Bertz CT molecular complexity index is 378. The standard InChI is InChI=1S/C17H27NO2/c1-4-6-8-15(9-7-5-2)18-16-12-10-14(11-13-16)17(19)20-3/h10-13,15,18H,4-9H2,1-3H3. The first kappa shape index (κ1) is 16.5. The maximum absolute atomic E-state index is 11.4.